The first kappa shape index (κ1) is 7.86. The minimum Gasteiger partial charge on any atom is -0.356 e. The van der Waals surface area contributed by atoms with Gasteiger partial charge in [0.1, 0.15) is 0 Å². The maximum absolute atomic E-state index is 3.37. The zero-order chi connectivity index (χ0) is 7.78. The summed E-state index contributed by atoms with van der Waals surface area (Å²) in [6.45, 7) is 6.59. The van der Waals surface area contributed by atoms with Crippen molar-refractivity contribution >= 4 is 15.9 Å². The average Bonchev–Trinajstić information content (AvgIpc) is 2.11. The highest BCUT2D eigenvalue weighted by molar-refractivity contribution is 9.10. The molecule has 10 heavy (non-hydrogen) atoms. The third-order valence-corrected chi connectivity index (χ3v) is 1.97. The fourth-order valence-corrected chi connectivity index (χ4v) is 1.16. The Labute approximate surface area is 70.0 Å². The van der Waals surface area contributed by atoms with Crippen LogP contribution in [-0.4, -0.2) is 4.98 Å². The summed E-state index contributed by atoms with van der Waals surface area (Å²) in [5.74, 6) is 0. The lowest BCUT2D eigenvalue weighted by Crippen LogP contribution is -2.08. The van der Waals surface area contributed by atoms with Crippen LogP contribution in [0, 0.1) is 0 Å². The van der Waals surface area contributed by atoms with Crippen molar-refractivity contribution in [3.8, 4) is 0 Å². The molecule has 0 amide bonds. The maximum atomic E-state index is 3.37. The van der Waals surface area contributed by atoms with Gasteiger partial charge in [-0.1, -0.05) is 20.8 Å². The molecule has 1 heterocycles. The summed E-state index contributed by atoms with van der Waals surface area (Å²) in [6.07, 6.45) is 2.03. The minimum atomic E-state index is 0.252. The van der Waals surface area contributed by atoms with Gasteiger partial charge in [-0.3, -0.25) is 0 Å². The summed E-state index contributed by atoms with van der Waals surface area (Å²) in [4.78, 5) is 3.09. The topological polar surface area (TPSA) is 15.8 Å². The van der Waals surface area contributed by atoms with Gasteiger partial charge >= 0.3 is 0 Å². The number of hydrogen-bond acceptors (Lipinski definition) is 0. The van der Waals surface area contributed by atoms with Gasteiger partial charge in [-0.2, -0.15) is 0 Å². The Balaban J connectivity index is 2.96. The summed E-state index contributed by atoms with van der Waals surface area (Å²) in [7, 11) is 0. The second-order valence-corrected chi connectivity index (χ2v) is 4.34. The molecule has 0 spiro atoms. The molecule has 0 aliphatic carbocycles. The predicted molar refractivity (Wildman–Crippen MR) is 47.2 cm³/mol. The average molecular weight is 202 g/mol. The van der Waals surface area contributed by atoms with E-state index in [2.05, 4.69) is 47.8 Å². The van der Waals surface area contributed by atoms with Crippen LogP contribution in [0.3, 0.4) is 0 Å². The Morgan fingerprint density at radius 1 is 1.40 bits per heavy atom. The van der Waals surface area contributed by atoms with Gasteiger partial charge in [0.25, 0.3) is 0 Å². The summed E-state index contributed by atoms with van der Waals surface area (Å²) in [5.41, 5.74) is 1.59. The Kier molecular flexibility index (Phi) is 1.90. The molecule has 0 saturated carbocycles. The molecule has 0 saturated heterocycles. The molecule has 1 rings (SSSR count). The predicted octanol–water partition coefficient (Wildman–Crippen LogP) is 3.07. The Morgan fingerprint density at radius 3 is 2.20 bits per heavy atom. The molecule has 1 aromatic heterocycles. The van der Waals surface area contributed by atoms with Crippen molar-refractivity contribution in [3.63, 3.8) is 0 Å². The van der Waals surface area contributed by atoms with E-state index >= 15 is 0 Å². The number of H-pyrrole nitrogens is 1. The van der Waals surface area contributed by atoms with Crippen LogP contribution in [-0.2, 0) is 5.41 Å². The van der Waals surface area contributed by atoms with Gasteiger partial charge < -0.3 is 4.98 Å². The van der Waals surface area contributed by atoms with Gasteiger partial charge in [0.15, 0.2) is 0 Å². The standard InChI is InChI=1S/C8H12BrN/c1-8(2,3)6-4-7(9)10-5-6/h4-5,10H,1-3H3. The smallest absolute Gasteiger partial charge is 0.0823 e. The van der Waals surface area contributed by atoms with Crippen LogP contribution in [0.15, 0.2) is 16.9 Å². The van der Waals surface area contributed by atoms with Crippen molar-refractivity contribution in [2.24, 2.45) is 0 Å². The third kappa shape index (κ3) is 1.63. The highest BCUT2D eigenvalue weighted by Gasteiger charge is 2.14. The summed E-state index contributed by atoms with van der Waals surface area (Å²) in [5, 5.41) is 0. The summed E-state index contributed by atoms with van der Waals surface area (Å²) >= 11 is 3.37. The largest absolute Gasteiger partial charge is 0.356 e. The van der Waals surface area contributed by atoms with E-state index in [4.69, 9.17) is 0 Å². The number of rotatable bonds is 0. The lowest BCUT2D eigenvalue weighted by Gasteiger charge is -2.15. The molecular formula is C8H12BrN. The number of aromatic amines is 1. The lowest BCUT2D eigenvalue weighted by atomic mass is 9.89. The highest BCUT2D eigenvalue weighted by atomic mass is 79.9. The van der Waals surface area contributed by atoms with Crippen LogP contribution in [0.1, 0.15) is 26.3 Å². The van der Waals surface area contributed by atoms with E-state index in [-0.39, 0.29) is 5.41 Å². The van der Waals surface area contributed by atoms with Gasteiger partial charge in [0.05, 0.1) is 4.60 Å². The molecule has 0 aliphatic rings. The van der Waals surface area contributed by atoms with Gasteiger partial charge in [-0.25, -0.2) is 0 Å². The van der Waals surface area contributed by atoms with Gasteiger partial charge in [0, 0.05) is 6.20 Å². The highest BCUT2D eigenvalue weighted by Crippen LogP contribution is 2.24. The quantitative estimate of drug-likeness (QED) is 0.665. The van der Waals surface area contributed by atoms with Gasteiger partial charge in [0.2, 0.25) is 0 Å². The van der Waals surface area contributed by atoms with Crippen molar-refractivity contribution in [2.75, 3.05) is 0 Å². The van der Waals surface area contributed by atoms with Crippen LogP contribution in [0.2, 0.25) is 0 Å². The molecular weight excluding hydrogens is 190 g/mol. The second-order valence-electron chi connectivity index (χ2n) is 3.49. The molecule has 0 fully saturated rings. The molecule has 0 radical (unpaired) electrons. The van der Waals surface area contributed by atoms with Crippen LogP contribution < -0.4 is 0 Å². The lowest BCUT2D eigenvalue weighted by molar-refractivity contribution is 0.591. The van der Waals surface area contributed by atoms with Crippen LogP contribution in [0.25, 0.3) is 0 Å². The summed E-state index contributed by atoms with van der Waals surface area (Å²) < 4.78 is 1.05. The Bertz CT molecular complexity index is 219. The van der Waals surface area contributed by atoms with Crippen molar-refractivity contribution in [1.29, 1.82) is 0 Å². The number of hydrogen-bond donors (Lipinski definition) is 1. The van der Waals surface area contributed by atoms with E-state index < -0.39 is 0 Å². The molecule has 0 aliphatic heterocycles. The Morgan fingerprint density at radius 2 is 2.00 bits per heavy atom. The number of nitrogens with one attached hydrogen (secondary N) is 1. The first-order valence-corrected chi connectivity index (χ1v) is 4.14. The summed E-state index contributed by atoms with van der Waals surface area (Å²) in [6, 6.07) is 2.11. The molecule has 0 atom stereocenters. The maximum Gasteiger partial charge on any atom is 0.0823 e. The monoisotopic (exact) mass is 201 g/mol. The fourth-order valence-electron chi connectivity index (χ4n) is 0.800. The van der Waals surface area contributed by atoms with Crippen molar-refractivity contribution in [2.45, 2.75) is 26.2 Å². The van der Waals surface area contributed by atoms with E-state index in [0.29, 0.717) is 0 Å². The van der Waals surface area contributed by atoms with E-state index in [9.17, 15) is 0 Å². The van der Waals surface area contributed by atoms with Crippen molar-refractivity contribution < 1.29 is 0 Å². The van der Waals surface area contributed by atoms with Gasteiger partial charge in [-0.15, -0.1) is 0 Å². The molecule has 1 N–H and O–H groups in total. The Hall–Kier alpha value is -0.240. The zero-order valence-electron chi connectivity index (χ0n) is 6.53. The van der Waals surface area contributed by atoms with E-state index in [1.54, 1.807) is 0 Å². The fraction of sp³-hybridized carbons (Fsp3) is 0.500. The number of aromatic nitrogens is 1. The minimum absolute atomic E-state index is 0.252. The van der Waals surface area contributed by atoms with E-state index in [1.165, 1.54) is 5.56 Å². The molecule has 0 aromatic carbocycles. The molecule has 2 heteroatoms. The molecule has 1 aromatic rings. The van der Waals surface area contributed by atoms with Crippen LogP contribution in [0.5, 0.6) is 0 Å². The normalized spacial score (nSPS) is 12.0. The van der Waals surface area contributed by atoms with Crippen LogP contribution in [0.4, 0.5) is 0 Å². The zero-order valence-corrected chi connectivity index (χ0v) is 8.12. The molecule has 0 bridgehead atoms. The van der Waals surface area contributed by atoms with Crippen molar-refractivity contribution in [3.05, 3.63) is 22.4 Å². The van der Waals surface area contributed by atoms with E-state index in [0.717, 1.165) is 4.60 Å². The number of halogens is 1. The van der Waals surface area contributed by atoms with Gasteiger partial charge in [-0.05, 0) is 33.0 Å². The SMILES string of the molecule is CC(C)(C)c1c[nH]c(Br)c1. The van der Waals surface area contributed by atoms with Crippen LogP contribution >= 0.6 is 15.9 Å². The first-order valence-electron chi connectivity index (χ1n) is 3.34. The molecule has 0 unspecified atom stereocenters. The first-order chi connectivity index (χ1) is 4.50. The molecule has 56 valence electrons. The second kappa shape index (κ2) is 2.42. The van der Waals surface area contributed by atoms with E-state index in [1.807, 2.05) is 6.20 Å². The van der Waals surface area contributed by atoms with Crippen molar-refractivity contribution in [1.82, 2.24) is 4.98 Å². The third-order valence-electron chi connectivity index (χ3n) is 1.51. The molecule has 1 nitrogen and oxygen atoms in total.